The number of nitrogens with zero attached hydrogens (tertiary/aromatic N) is 2. The lowest BCUT2D eigenvalue weighted by molar-refractivity contribution is 0.626. The fourth-order valence-corrected chi connectivity index (χ4v) is 2.17. The van der Waals surface area contributed by atoms with Gasteiger partial charge in [-0.1, -0.05) is 24.3 Å². The first kappa shape index (κ1) is 20.9. The molecular formula is C19H22FIN4. The Hall–Kier alpha value is -2.14. The van der Waals surface area contributed by atoms with E-state index in [-0.39, 0.29) is 29.8 Å². The number of hydrogen-bond acceptors (Lipinski definition) is 2. The maximum absolute atomic E-state index is 12.9. The third-order valence-corrected chi connectivity index (χ3v) is 3.47. The highest BCUT2D eigenvalue weighted by Crippen LogP contribution is 2.05. The number of benzene rings is 2. The molecule has 0 aliphatic heterocycles. The van der Waals surface area contributed by atoms with E-state index >= 15 is 0 Å². The Morgan fingerprint density at radius 2 is 1.68 bits per heavy atom. The second-order valence-corrected chi connectivity index (χ2v) is 5.31. The van der Waals surface area contributed by atoms with Crippen LogP contribution in [0.15, 0.2) is 53.5 Å². The van der Waals surface area contributed by atoms with Crippen molar-refractivity contribution in [3.8, 4) is 6.07 Å². The summed E-state index contributed by atoms with van der Waals surface area (Å²) >= 11 is 0. The molecule has 0 amide bonds. The summed E-state index contributed by atoms with van der Waals surface area (Å²) in [5, 5.41) is 15.3. The predicted octanol–water partition coefficient (Wildman–Crippen LogP) is 3.61. The van der Waals surface area contributed by atoms with E-state index in [4.69, 9.17) is 5.26 Å². The molecule has 132 valence electrons. The largest absolute Gasteiger partial charge is 0.357 e. The number of guanidine groups is 1. The van der Waals surface area contributed by atoms with Crippen molar-refractivity contribution in [3.05, 3.63) is 71.0 Å². The SMILES string of the molecule is CCNC(=NCc1ccc(C#N)cc1)NCCc1ccc(F)cc1.I. The van der Waals surface area contributed by atoms with Crippen molar-refractivity contribution in [1.29, 1.82) is 5.26 Å². The molecule has 6 heteroatoms. The van der Waals surface area contributed by atoms with Crippen LogP contribution in [0.3, 0.4) is 0 Å². The number of rotatable bonds is 6. The van der Waals surface area contributed by atoms with Gasteiger partial charge >= 0.3 is 0 Å². The smallest absolute Gasteiger partial charge is 0.191 e. The van der Waals surface area contributed by atoms with Crippen LogP contribution in [0.5, 0.6) is 0 Å². The molecule has 2 rings (SSSR count). The number of aliphatic imine (C=N–C) groups is 1. The molecule has 0 radical (unpaired) electrons. The molecule has 0 aliphatic rings. The maximum Gasteiger partial charge on any atom is 0.191 e. The maximum atomic E-state index is 12.9. The molecule has 0 fully saturated rings. The first-order valence-electron chi connectivity index (χ1n) is 7.97. The van der Waals surface area contributed by atoms with Crippen LogP contribution in [0.4, 0.5) is 4.39 Å². The van der Waals surface area contributed by atoms with Crippen LogP contribution in [0.1, 0.15) is 23.6 Å². The van der Waals surface area contributed by atoms with Crippen LogP contribution in [-0.2, 0) is 13.0 Å². The van der Waals surface area contributed by atoms with Crippen LogP contribution in [0.25, 0.3) is 0 Å². The van der Waals surface area contributed by atoms with Gasteiger partial charge in [0, 0.05) is 13.1 Å². The van der Waals surface area contributed by atoms with E-state index in [1.54, 1.807) is 24.3 Å². The summed E-state index contributed by atoms with van der Waals surface area (Å²) in [6.07, 6.45) is 0.793. The van der Waals surface area contributed by atoms with Crippen molar-refractivity contribution in [2.45, 2.75) is 19.9 Å². The topological polar surface area (TPSA) is 60.2 Å². The lowest BCUT2D eigenvalue weighted by Crippen LogP contribution is -2.38. The zero-order valence-corrected chi connectivity index (χ0v) is 16.5. The first-order valence-corrected chi connectivity index (χ1v) is 7.97. The van der Waals surface area contributed by atoms with Gasteiger partial charge in [-0.15, -0.1) is 24.0 Å². The van der Waals surface area contributed by atoms with E-state index < -0.39 is 0 Å². The van der Waals surface area contributed by atoms with E-state index in [0.717, 1.165) is 30.1 Å². The van der Waals surface area contributed by atoms with Gasteiger partial charge in [0.05, 0.1) is 18.2 Å². The van der Waals surface area contributed by atoms with Gasteiger partial charge in [0.2, 0.25) is 0 Å². The summed E-state index contributed by atoms with van der Waals surface area (Å²) in [5.41, 5.74) is 2.77. The Kier molecular flexibility index (Phi) is 9.55. The molecule has 0 spiro atoms. The fraction of sp³-hybridized carbons (Fsp3) is 0.263. The Labute approximate surface area is 165 Å². The number of hydrogen-bond donors (Lipinski definition) is 2. The summed E-state index contributed by atoms with van der Waals surface area (Å²) < 4.78 is 12.9. The van der Waals surface area contributed by atoms with Gasteiger partial charge in [0.25, 0.3) is 0 Å². The highest BCUT2D eigenvalue weighted by atomic mass is 127. The molecule has 0 saturated carbocycles. The van der Waals surface area contributed by atoms with E-state index in [9.17, 15) is 4.39 Å². The molecule has 0 saturated heterocycles. The molecule has 25 heavy (non-hydrogen) atoms. The van der Waals surface area contributed by atoms with E-state index in [1.165, 1.54) is 12.1 Å². The van der Waals surface area contributed by atoms with E-state index in [1.807, 2.05) is 19.1 Å². The molecule has 2 aromatic carbocycles. The number of nitriles is 1. The van der Waals surface area contributed by atoms with Crippen molar-refractivity contribution >= 4 is 29.9 Å². The summed E-state index contributed by atoms with van der Waals surface area (Å²) in [6, 6.07) is 16.0. The summed E-state index contributed by atoms with van der Waals surface area (Å²) in [4.78, 5) is 4.54. The van der Waals surface area contributed by atoms with Crippen LogP contribution in [0, 0.1) is 17.1 Å². The minimum absolute atomic E-state index is 0. The van der Waals surface area contributed by atoms with E-state index in [2.05, 4.69) is 21.7 Å². The Balaban J connectivity index is 0.00000312. The molecule has 2 N–H and O–H groups in total. The van der Waals surface area contributed by atoms with Crippen molar-refractivity contribution < 1.29 is 4.39 Å². The third kappa shape index (κ3) is 7.52. The van der Waals surface area contributed by atoms with Crippen LogP contribution in [-0.4, -0.2) is 19.0 Å². The number of nitrogens with one attached hydrogen (secondary N) is 2. The summed E-state index contributed by atoms with van der Waals surface area (Å²) in [5.74, 6) is 0.521. The van der Waals surface area contributed by atoms with Gasteiger partial charge in [0.15, 0.2) is 5.96 Å². The van der Waals surface area contributed by atoms with Gasteiger partial charge in [-0.25, -0.2) is 9.38 Å². The van der Waals surface area contributed by atoms with Gasteiger partial charge in [-0.05, 0) is 48.7 Å². The Bertz CT molecular complexity index is 706. The molecule has 0 aromatic heterocycles. The second-order valence-electron chi connectivity index (χ2n) is 5.31. The minimum atomic E-state index is -0.218. The lowest BCUT2D eigenvalue weighted by atomic mass is 10.1. The lowest BCUT2D eigenvalue weighted by Gasteiger charge is -2.11. The van der Waals surface area contributed by atoms with Gasteiger partial charge < -0.3 is 10.6 Å². The minimum Gasteiger partial charge on any atom is -0.357 e. The van der Waals surface area contributed by atoms with Crippen LogP contribution >= 0.6 is 24.0 Å². The highest BCUT2D eigenvalue weighted by molar-refractivity contribution is 14.0. The predicted molar refractivity (Wildman–Crippen MR) is 109 cm³/mol. The van der Waals surface area contributed by atoms with Crippen LogP contribution in [0.2, 0.25) is 0 Å². The quantitative estimate of drug-likeness (QED) is 0.400. The molecular weight excluding hydrogens is 430 g/mol. The summed E-state index contributed by atoms with van der Waals surface area (Å²) in [6.45, 7) is 4.04. The zero-order valence-electron chi connectivity index (χ0n) is 14.1. The molecule has 0 unspecified atom stereocenters. The normalized spacial score (nSPS) is 10.5. The molecule has 4 nitrogen and oxygen atoms in total. The van der Waals surface area contributed by atoms with Gasteiger partial charge in [-0.2, -0.15) is 5.26 Å². The Morgan fingerprint density at radius 3 is 2.28 bits per heavy atom. The van der Waals surface area contributed by atoms with Gasteiger partial charge in [-0.3, -0.25) is 0 Å². The average Bonchev–Trinajstić information content (AvgIpc) is 2.62. The van der Waals surface area contributed by atoms with Crippen molar-refractivity contribution in [3.63, 3.8) is 0 Å². The molecule has 0 atom stereocenters. The van der Waals surface area contributed by atoms with Gasteiger partial charge in [0.1, 0.15) is 5.82 Å². The standard InChI is InChI=1S/C19H21FN4.HI/c1-2-22-19(23-12-11-15-7-9-18(20)10-8-15)24-14-17-5-3-16(13-21)4-6-17;/h3-10H,2,11-12,14H2,1H3,(H2,22,23,24);1H. The van der Waals surface area contributed by atoms with Crippen LogP contribution < -0.4 is 10.6 Å². The monoisotopic (exact) mass is 452 g/mol. The average molecular weight is 452 g/mol. The van der Waals surface area contributed by atoms with E-state index in [0.29, 0.717) is 18.7 Å². The van der Waals surface area contributed by atoms with Crippen molar-refractivity contribution in [2.24, 2.45) is 4.99 Å². The molecule has 0 bridgehead atoms. The molecule has 0 heterocycles. The fourth-order valence-electron chi connectivity index (χ4n) is 2.17. The second kappa shape index (κ2) is 11.4. The van der Waals surface area contributed by atoms with Crippen molar-refractivity contribution in [2.75, 3.05) is 13.1 Å². The zero-order chi connectivity index (χ0) is 17.2. The highest BCUT2D eigenvalue weighted by Gasteiger charge is 1.99. The van der Waals surface area contributed by atoms with Crippen molar-refractivity contribution in [1.82, 2.24) is 10.6 Å². The number of halogens is 2. The third-order valence-electron chi connectivity index (χ3n) is 3.47. The first-order chi connectivity index (χ1) is 11.7. The molecule has 0 aliphatic carbocycles. The Morgan fingerprint density at radius 1 is 1.04 bits per heavy atom. The summed E-state index contributed by atoms with van der Waals surface area (Å²) in [7, 11) is 0. The molecule has 2 aromatic rings.